The van der Waals surface area contributed by atoms with Gasteiger partial charge >= 0.3 is 0 Å². The highest BCUT2D eigenvalue weighted by molar-refractivity contribution is 5.84. The van der Waals surface area contributed by atoms with Gasteiger partial charge in [0.25, 0.3) is 11.4 Å². The number of ether oxygens (including phenoxy) is 1. The van der Waals surface area contributed by atoms with E-state index < -0.39 is 5.82 Å². The van der Waals surface area contributed by atoms with Gasteiger partial charge < -0.3 is 9.26 Å². The molecule has 162 valence electrons. The van der Waals surface area contributed by atoms with Gasteiger partial charge in [-0.1, -0.05) is 18.1 Å². The number of aromatic nitrogens is 5. The number of nitrogens with zero attached hydrogens (tertiary/aromatic N) is 5. The third-order valence-electron chi connectivity index (χ3n) is 6.09. The van der Waals surface area contributed by atoms with Crippen LogP contribution in [0.1, 0.15) is 65.0 Å². The molecule has 1 aliphatic heterocycles. The van der Waals surface area contributed by atoms with Gasteiger partial charge in [-0.15, -0.1) is 0 Å². The molecule has 0 N–H and O–H groups in total. The summed E-state index contributed by atoms with van der Waals surface area (Å²) in [6.45, 7) is 7.90. The topological polar surface area (TPSA) is 87.5 Å². The Morgan fingerprint density at radius 2 is 2.13 bits per heavy atom. The van der Waals surface area contributed by atoms with E-state index in [1.165, 1.54) is 17.0 Å². The summed E-state index contributed by atoms with van der Waals surface area (Å²) >= 11 is 0. The summed E-state index contributed by atoms with van der Waals surface area (Å²) in [6.07, 6.45) is 3.56. The first kappa shape index (κ1) is 19.9. The molecule has 2 atom stereocenters. The first-order chi connectivity index (χ1) is 14.8. The van der Waals surface area contributed by atoms with Crippen LogP contribution in [-0.2, 0) is 4.74 Å². The first-order valence-electron chi connectivity index (χ1n) is 10.5. The minimum Gasteiger partial charge on any atom is -0.363 e. The molecule has 4 heterocycles. The summed E-state index contributed by atoms with van der Waals surface area (Å²) in [6, 6.07) is 4.55. The van der Waals surface area contributed by atoms with Crippen LogP contribution >= 0.6 is 0 Å². The summed E-state index contributed by atoms with van der Waals surface area (Å²) in [4.78, 5) is 22.4. The van der Waals surface area contributed by atoms with Crippen molar-refractivity contribution in [2.75, 3.05) is 0 Å². The number of fused-ring (bicyclic) bond motifs is 3. The fourth-order valence-corrected chi connectivity index (χ4v) is 4.27. The Bertz CT molecular complexity index is 1350. The molecule has 0 aliphatic carbocycles. The van der Waals surface area contributed by atoms with Gasteiger partial charge in [0.1, 0.15) is 35.0 Å². The van der Waals surface area contributed by atoms with E-state index in [0.717, 1.165) is 12.8 Å². The number of para-hydroxylation sites is 1. The molecule has 0 bridgehead atoms. The molecule has 0 amide bonds. The standard InChI is InChI=1S/C22H24FN5O3/c1-5-12(2)28-17-13(23)7-6-8-14(17)27-11-24-16(18(27)21(28)29)19-25-20(31-26-19)15-9-10-22(3,4)30-15/h6-8,11-12,15H,5,9-10H2,1-4H3. The molecule has 1 aromatic carbocycles. The third-order valence-corrected chi connectivity index (χ3v) is 6.09. The summed E-state index contributed by atoms with van der Waals surface area (Å²) in [5, 5.41) is 4.07. The molecule has 31 heavy (non-hydrogen) atoms. The second kappa shape index (κ2) is 6.98. The lowest BCUT2D eigenvalue weighted by atomic mass is 10.1. The van der Waals surface area contributed by atoms with Gasteiger partial charge in [-0.05, 0) is 52.2 Å². The molecular formula is C22H24FN5O3. The highest BCUT2D eigenvalue weighted by Gasteiger charge is 2.36. The lowest BCUT2D eigenvalue weighted by Gasteiger charge is -2.18. The van der Waals surface area contributed by atoms with Crippen LogP contribution in [0.3, 0.4) is 0 Å². The van der Waals surface area contributed by atoms with Gasteiger partial charge in [0, 0.05) is 6.04 Å². The molecule has 0 saturated carbocycles. The lowest BCUT2D eigenvalue weighted by molar-refractivity contribution is -0.0292. The van der Waals surface area contributed by atoms with Gasteiger partial charge in [-0.2, -0.15) is 4.98 Å². The zero-order valence-electron chi connectivity index (χ0n) is 17.9. The SMILES string of the molecule is CCC(C)n1c(=O)c2c(-c3noc(C4CCC(C)(C)O4)n3)ncn2c2cccc(F)c21. The maximum absolute atomic E-state index is 14.8. The maximum Gasteiger partial charge on any atom is 0.278 e. The van der Waals surface area contributed by atoms with Crippen molar-refractivity contribution in [2.24, 2.45) is 0 Å². The number of hydrogen-bond acceptors (Lipinski definition) is 6. The van der Waals surface area contributed by atoms with Gasteiger partial charge in [-0.25, -0.2) is 9.37 Å². The van der Waals surface area contributed by atoms with E-state index in [9.17, 15) is 9.18 Å². The van der Waals surface area contributed by atoms with Crippen molar-refractivity contribution in [3.05, 3.63) is 46.6 Å². The normalized spacial score (nSPS) is 19.5. The minimum absolute atomic E-state index is 0.199. The Hall–Kier alpha value is -3.07. The lowest BCUT2D eigenvalue weighted by Crippen LogP contribution is -2.26. The highest BCUT2D eigenvalue weighted by Crippen LogP contribution is 2.38. The average molecular weight is 425 g/mol. The summed E-state index contributed by atoms with van der Waals surface area (Å²) < 4.78 is 29.3. The van der Waals surface area contributed by atoms with Crippen LogP contribution in [0.25, 0.3) is 28.1 Å². The summed E-state index contributed by atoms with van der Waals surface area (Å²) in [5.41, 5.74) is 0.822. The third kappa shape index (κ3) is 3.06. The van der Waals surface area contributed by atoms with Crippen LogP contribution in [0.15, 0.2) is 33.8 Å². The van der Waals surface area contributed by atoms with Crippen molar-refractivity contribution in [1.29, 1.82) is 0 Å². The van der Waals surface area contributed by atoms with Crippen molar-refractivity contribution in [3.63, 3.8) is 0 Å². The van der Waals surface area contributed by atoms with E-state index in [1.807, 2.05) is 27.7 Å². The number of hydrogen-bond donors (Lipinski definition) is 0. The van der Waals surface area contributed by atoms with Crippen LogP contribution in [0.4, 0.5) is 4.39 Å². The maximum atomic E-state index is 14.8. The minimum atomic E-state index is -0.449. The van der Waals surface area contributed by atoms with Gasteiger partial charge in [-0.3, -0.25) is 13.8 Å². The highest BCUT2D eigenvalue weighted by atomic mass is 19.1. The summed E-state index contributed by atoms with van der Waals surface area (Å²) in [5.74, 6) is 0.139. The van der Waals surface area contributed by atoms with E-state index in [4.69, 9.17) is 9.26 Å². The Balaban J connectivity index is 1.71. The molecule has 0 spiro atoms. The quantitative estimate of drug-likeness (QED) is 0.480. The van der Waals surface area contributed by atoms with Crippen molar-refractivity contribution in [3.8, 4) is 11.5 Å². The van der Waals surface area contributed by atoms with Gasteiger partial charge in [0.15, 0.2) is 0 Å². The first-order valence-corrected chi connectivity index (χ1v) is 10.5. The molecule has 3 aromatic heterocycles. The van der Waals surface area contributed by atoms with Crippen LogP contribution in [-0.4, -0.2) is 29.7 Å². The number of rotatable bonds is 4. The second-order valence-electron chi connectivity index (χ2n) is 8.71. The Morgan fingerprint density at radius 1 is 1.32 bits per heavy atom. The van der Waals surface area contributed by atoms with Gasteiger partial charge in [0.05, 0.1) is 11.1 Å². The second-order valence-corrected chi connectivity index (χ2v) is 8.71. The molecule has 9 heteroatoms. The molecule has 4 aromatic rings. The average Bonchev–Trinajstić information content (AvgIpc) is 3.46. The Labute approximate surface area is 177 Å². The van der Waals surface area contributed by atoms with Crippen molar-refractivity contribution in [2.45, 2.75) is 64.7 Å². The molecule has 5 rings (SSSR count). The van der Waals surface area contributed by atoms with Crippen LogP contribution in [0.5, 0.6) is 0 Å². The zero-order chi connectivity index (χ0) is 21.9. The summed E-state index contributed by atoms with van der Waals surface area (Å²) in [7, 11) is 0. The molecule has 2 unspecified atom stereocenters. The van der Waals surface area contributed by atoms with E-state index >= 15 is 0 Å². The van der Waals surface area contributed by atoms with Crippen molar-refractivity contribution >= 4 is 16.6 Å². The fraction of sp³-hybridized carbons (Fsp3) is 0.455. The Kier molecular flexibility index (Phi) is 4.47. The molecule has 1 aliphatic rings. The van der Waals surface area contributed by atoms with E-state index in [2.05, 4.69) is 15.1 Å². The van der Waals surface area contributed by atoms with Crippen LogP contribution in [0, 0.1) is 5.82 Å². The zero-order valence-corrected chi connectivity index (χ0v) is 17.9. The fourth-order valence-electron chi connectivity index (χ4n) is 4.27. The number of benzene rings is 1. The van der Waals surface area contributed by atoms with E-state index in [1.54, 1.807) is 16.5 Å². The largest absolute Gasteiger partial charge is 0.363 e. The predicted molar refractivity (Wildman–Crippen MR) is 112 cm³/mol. The molecule has 1 saturated heterocycles. The van der Waals surface area contributed by atoms with Crippen LogP contribution < -0.4 is 5.56 Å². The predicted octanol–water partition coefficient (Wildman–Crippen LogP) is 4.44. The molecule has 0 radical (unpaired) electrons. The van der Waals surface area contributed by atoms with Crippen molar-refractivity contribution in [1.82, 2.24) is 24.1 Å². The van der Waals surface area contributed by atoms with E-state index in [0.29, 0.717) is 29.0 Å². The number of halogens is 1. The molecule has 8 nitrogen and oxygen atoms in total. The molecular weight excluding hydrogens is 401 g/mol. The molecule has 1 fully saturated rings. The van der Waals surface area contributed by atoms with Gasteiger partial charge in [0.2, 0.25) is 5.82 Å². The monoisotopic (exact) mass is 425 g/mol. The number of imidazole rings is 1. The van der Waals surface area contributed by atoms with Crippen molar-refractivity contribution < 1.29 is 13.7 Å². The Morgan fingerprint density at radius 3 is 2.84 bits per heavy atom. The smallest absolute Gasteiger partial charge is 0.278 e. The van der Waals surface area contributed by atoms with Crippen LogP contribution in [0.2, 0.25) is 0 Å². The van der Waals surface area contributed by atoms with E-state index in [-0.39, 0.29) is 34.6 Å².